The monoisotopic (exact) mass is 236 g/mol. The van der Waals surface area contributed by atoms with Gasteiger partial charge in [0.2, 0.25) is 5.91 Å². The first-order chi connectivity index (χ1) is 6.83. The van der Waals surface area contributed by atoms with Crippen LogP contribution in [0.25, 0.3) is 0 Å². The van der Waals surface area contributed by atoms with E-state index in [9.17, 15) is 4.79 Å². The Bertz CT molecular complexity index is 173. The second-order valence-corrected chi connectivity index (χ2v) is 3.56. The second-order valence-electron chi connectivity index (χ2n) is 3.56. The Labute approximate surface area is 97.5 Å². The topological polar surface area (TPSA) is 50.4 Å². The summed E-state index contributed by atoms with van der Waals surface area (Å²) in [6, 6.07) is 0.317. The third-order valence-corrected chi connectivity index (χ3v) is 2.34. The van der Waals surface area contributed by atoms with E-state index in [0.717, 1.165) is 25.9 Å². The van der Waals surface area contributed by atoms with Crippen LogP contribution in [-0.4, -0.2) is 38.3 Å². The summed E-state index contributed by atoms with van der Waals surface area (Å²) in [6.45, 7) is 5.12. The highest BCUT2D eigenvalue weighted by Crippen LogP contribution is 2.01. The fraction of sp³-hybridized carbons (Fsp3) is 0.900. The molecule has 0 aromatic heterocycles. The summed E-state index contributed by atoms with van der Waals surface area (Å²) in [7, 11) is 0. The molecular weight excluding hydrogens is 216 g/mol. The van der Waals surface area contributed by atoms with E-state index >= 15 is 0 Å². The van der Waals surface area contributed by atoms with Crippen molar-refractivity contribution in [3.05, 3.63) is 0 Å². The fourth-order valence-electron chi connectivity index (χ4n) is 1.58. The molecule has 0 spiro atoms. The van der Waals surface area contributed by atoms with Gasteiger partial charge in [0, 0.05) is 25.6 Å². The zero-order chi connectivity index (χ0) is 10.2. The number of halogens is 1. The van der Waals surface area contributed by atoms with Crippen LogP contribution in [0.1, 0.15) is 26.2 Å². The van der Waals surface area contributed by atoms with Crippen molar-refractivity contribution in [2.24, 2.45) is 0 Å². The summed E-state index contributed by atoms with van der Waals surface area (Å²) >= 11 is 0. The molecule has 1 heterocycles. The van der Waals surface area contributed by atoms with Crippen molar-refractivity contribution in [1.82, 2.24) is 10.6 Å². The Morgan fingerprint density at radius 3 is 3.00 bits per heavy atom. The highest BCUT2D eigenvalue weighted by Gasteiger charge is 2.14. The van der Waals surface area contributed by atoms with Crippen LogP contribution in [0.2, 0.25) is 0 Å². The highest BCUT2D eigenvalue weighted by atomic mass is 35.5. The van der Waals surface area contributed by atoms with Crippen LogP contribution in [0.5, 0.6) is 0 Å². The van der Waals surface area contributed by atoms with Gasteiger partial charge in [-0.05, 0) is 26.3 Å². The Hall–Kier alpha value is -0.320. The zero-order valence-electron chi connectivity index (χ0n) is 9.25. The number of hydrogen-bond acceptors (Lipinski definition) is 3. The van der Waals surface area contributed by atoms with Crippen LogP contribution in [0.4, 0.5) is 0 Å². The van der Waals surface area contributed by atoms with Gasteiger partial charge in [0.1, 0.15) is 0 Å². The maximum Gasteiger partial charge on any atom is 0.222 e. The van der Waals surface area contributed by atoms with Gasteiger partial charge >= 0.3 is 0 Å². The Morgan fingerprint density at radius 1 is 1.60 bits per heavy atom. The van der Waals surface area contributed by atoms with E-state index in [1.54, 1.807) is 0 Å². The number of carbonyl (C=O) groups excluding carboxylic acids is 1. The Morgan fingerprint density at radius 2 is 2.40 bits per heavy atom. The van der Waals surface area contributed by atoms with E-state index in [4.69, 9.17) is 4.74 Å². The first-order valence-electron chi connectivity index (χ1n) is 5.40. The number of carbonyl (C=O) groups is 1. The lowest BCUT2D eigenvalue weighted by molar-refractivity contribution is -0.122. The quantitative estimate of drug-likeness (QED) is 0.691. The summed E-state index contributed by atoms with van der Waals surface area (Å²) in [5, 5.41) is 6.26. The molecule has 2 N–H and O–H groups in total. The maximum atomic E-state index is 11.4. The van der Waals surface area contributed by atoms with Crippen molar-refractivity contribution < 1.29 is 9.53 Å². The molecule has 0 aliphatic carbocycles. The Kier molecular flexibility index (Phi) is 8.76. The molecular formula is C10H21ClN2O2. The molecule has 0 aromatic rings. The third kappa shape index (κ3) is 6.71. The molecule has 1 rings (SSSR count). The van der Waals surface area contributed by atoms with Gasteiger partial charge in [-0.15, -0.1) is 12.4 Å². The lowest BCUT2D eigenvalue weighted by atomic mass is 10.1. The lowest BCUT2D eigenvalue weighted by Crippen LogP contribution is -2.45. The van der Waals surface area contributed by atoms with Crippen LogP contribution < -0.4 is 10.6 Å². The molecule has 90 valence electrons. The van der Waals surface area contributed by atoms with Crippen LogP contribution in [0.15, 0.2) is 0 Å². The molecule has 0 radical (unpaired) electrons. The molecule has 4 nitrogen and oxygen atoms in total. The molecule has 15 heavy (non-hydrogen) atoms. The van der Waals surface area contributed by atoms with Crippen LogP contribution in [0.3, 0.4) is 0 Å². The van der Waals surface area contributed by atoms with E-state index in [1.165, 1.54) is 0 Å². The van der Waals surface area contributed by atoms with E-state index in [0.29, 0.717) is 25.7 Å². The van der Waals surface area contributed by atoms with Crippen molar-refractivity contribution in [3.8, 4) is 0 Å². The van der Waals surface area contributed by atoms with Gasteiger partial charge in [0.15, 0.2) is 0 Å². The average Bonchev–Trinajstić information content (AvgIpc) is 2.20. The summed E-state index contributed by atoms with van der Waals surface area (Å²) < 4.78 is 5.12. The summed E-state index contributed by atoms with van der Waals surface area (Å²) in [5.74, 6) is 0.104. The minimum Gasteiger partial charge on any atom is -0.381 e. The van der Waals surface area contributed by atoms with Crippen LogP contribution in [-0.2, 0) is 9.53 Å². The van der Waals surface area contributed by atoms with E-state index in [1.807, 2.05) is 6.92 Å². The van der Waals surface area contributed by atoms with E-state index < -0.39 is 0 Å². The number of nitrogens with one attached hydrogen (secondary N) is 2. The van der Waals surface area contributed by atoms with Crippen molar-refractivity contribution in [1.29, 1.82) is 0 Å². The second kappa shape index (κ2) is 8.95. The first-order valence-corrected chi connectivity index (χ1v) is 5.40. The molecule has 1 amide bonds. The smallest absolute Gasteiger partial charge is 0.222 e. The van der Waals surface area contributed by atoms with E-state index in [2.05, 4.69) is 10.6 Å². The standard InChI is InChI=1S/C10H20N2O2.ClH/c1-2-14-7-5-10(13)12-9-4-3-6-11-8-9;/h9,11H,2-8H2,1H3,(H,12,13);1H/t9-;/m0./s1. The summed E-state index contributed by atoms with van der Waals surface area (Å²) in [4.78, 5) is 11.4. The van der Waals surface area contributed by atoms with Gasteiger partial charge in [-0.3, -0.25) is 4.79 Å². The van der Waals surface area contributed by atoms with Crippen molar-refractivity contribution in [2.75, 3.05) is 26.3 Å². The minimum atomic E-state index is 0. The number of ether oxygens (including phenoxy) is 1. The van der Waals surface area contributed by atoms with Gasteiger partial charge in [-0.2, -0.15) is 0 Å². The molecule has 1 aliphatic rings. The average molecular weight is 237 g/mol. The lowest BCUT2D eigenvalue weighted by Gasteiger charge is -2.23. The van der Waals surface area contributed by atoms with Crippen LogP contribution >= 0.6 is 12.4 Å². The number of piperidine rings is 1. The van der Waals surface area contributed by atoms with Gasteiger partial charge in [0.25, 0.3) is 0 Å². The molecule has 0 unspecified atom stereocenters. The highest BCUT2D eigenvalue weighted by molar-refractivity contribution is 5.85. The van der Waals surface area contributed by atoms with Gasteiger partial charge < -0.3 is 15.4 Å². The number of hydrogen-bond donors (Lipinski definition) is 2. The van der Waals surface area contributed by atoms with Crippen LogP contribution in [0, 0.1) is 0 Å². The third-order valence-electron chi connectivity index (χ3n) is 2.34. The Balaban J connectivity index is 0.00000196. The predicted molar refractivity (Wildman–Crippen MR) is 62.4 cm³/mol. The minimum absolute atomic E-state index is 0. The SMILES string of the molecule is CCOCCC(=O)N[C@H]1CCCNC1.Cl. The molecule has 0 saturated carbocycles. The molecule has 1 saturated heterocycles. The maximum absolute atomic E-state index is 11.4. The molecule has 1 fully saturated rings. The largest absolute Gasteiger partial charge is 0.381 e. The van der Waals surface area contributed by atoms with Crippen molar-refractivity contribution >= 4 is 18.3 Å². The molecule has 1 atom stereocenters. The predicted octanol–water partition coefficient (Wildman–Crippen LogP) is 0.703. The number of amides is 1. The first kappa shape index (κ1) is 14.7. The fourth-order valence-corrected chi connectivity index (χ4v) is 1.58. The van der Waals surface area contributed by atoms with Crippen molar-refractivity contribution in [2.45, 2.75) is 32.2 Å². The molecule has 1 aliphatic heterocycles. The van der Waals surface area contributed by atoms with Gasteiger partial charge in [0.05, 0.1) is 6.61 Å². The zero-order valence-corrected chi connectivity index (χ0v) is 10.1. The molecule has 0 bridgehead atoms. The van der Waals surface area contributed by atoms with Gasteiger partial charge in [-0.1, -0.05) is 0 Å². The molecule has 0 aromatic carbocycles. The molecule has 5 heteroatoms. The summed E-state index contributed by atoms with van der Waals surface area (Å²) in [6.07, 6.45) is 2.72. The van der Waals surface area contributed by atoms with Gasteiger partial charge in [-0.25, -0.2) is 0 Å². The van der Waals surface area contributed by atoms with Crippen molar-refractivity contribution in [3.63, 3.8) is 0 Å². The number of rotatable bonds is 5. The normalized spacial score (nSPS) is 20.5. The summed E-state index contributed by atoms with van der Waals surface area (Å²) in [5.41, 5.74) is 0. The van der Waals surface area contributed by atoms with E-state index in [-0.39, 0.29) is 18.3 Å².